The number of benzene rings is 3. The van der Waals surface area contributed by atoms with Crippen molar-refractivity contribution in [2.24, 2.45) is 5.10 Å². The van der Waals surface area contributed by atoms with E-state index in [1.54, 1.807) is 18.3 Å². The fraction of sp³-hybridized carbons (Fsp3) is 0.125. The molecule has 1 amide bonds. The lowest BCUT2D eigenvalue weighted by molar-refractivity contribution is 0.0923. The van der Waals surface area contributed by atoms with Gasteiger partial charge in [0.15, 0.2) is 5.76 Å². The van der Waals surface area contributed by atoms with Crippen molar-refractivity contribution in [1.29, 1.82) is 0 Å². The molecule has 0 aliphatic rings. The highest BCUT2D eigenvalue weighted by molar-refractivity contribution is 14.1. The van der Waals surface area contributed by atoms with Crippen molar-refractivity contribution < 1.29 is 18.7 Å². The molecule has 0 atom stereocenters. The normalized spacial score (nSPS) is 11.2. The van der Waals surface area contributed by atoms with Crippen molar-refractivity contribution >= 4 is 89.2 Å². The summed E-state index contributed by atoms with van der Waals surface area (Å²) >= 11 is 11.5. The van der Waals surface area contributed by atoms with Gasteiger partial charge >= 0.3 is 5.91 Å². The van der Waals surface area contributed by atoms with E-state index in [0.717, 1.165) is 38.6 Å². The summed E-state index contributed by atoms with van der Waals surface area (Å²) in [5.74, 6) is 1.74. The zero-order valence-corrected chi connectivity index (χ0v) is 30.5. The fourth-order valence-electron chi connectivity index (χ4n) is 4.30. The van der Waals surface area contributed by atoms with Gasteiger partial charge in [-0.3, -0.25) is 4.79 Å². The molecule has 0 aliphatic carbocycles. The molecule has 0 bridgehead atoms. The smallest absolute Gasteiger partial charge is 0.307 e. The van der Waals surface area contributed by atoms with Gasteiger partial charge in [0.05, 0.1) is 13.4 Å². The van der Waals surface area contributed by atoms with Crippen LogP contribution < -0.4 is 14.9 Å². The Kier molecular flexibility index (Phi) is 10.7. The summed E-state index contributed by atoms with van der Waals surface area (Å²) < 4.78 is 23.7. The van der Waals surface area contributed by atoms with Crippen molar-refractivity contribution in [3.8, 4) is 17.2 Å². The van der Waals surface area contributed by atoms with Crippen molar-refractivity contribution in [2.75, 3.05) is 0 Å². The lowest BCUT2D eigenvalue weighted by Crippen LogP contribution is -2.16. The van der Waals surface area contributed by atoms with Crippen molar-refractivity contribution in [3.63, 3.8) is 0 Å². The summed E-state index contributed by atoms with van der Waals surface area (Å²) in [7, 11) is 0. The minimum atomic E-state index is -0.450. The molecule has 0 saturated heterocycles. The van der Waals surface area contributed by atoms with Crippen LogP contribution in [-0.4, -0.2) is 16.7 Å². The standard InChI is InChI=1S/C32H25Br2I2N3O4/c1-19-3-4-20(2)39(19)24-7-9-25(10-8-24)41-18-26-11-12-30(43-26)32(40)38-37-16-21-13-28(35)31(29(36)14-21)42-17-22-5-6-23(33)15-27(22)34/h3-16H,17-18H2,1-2H3,(H,38,40)/b37-16+. The molecule has 11 heteroatoms. The van der Waals surface area contributed by atoms with Gasteiger partial charge in [-0.2, -0.15) is 5.10 Å². The van der Waals surface area contributed by atoms with Crippen LogP contribution in [0.4, 0.5) is 0 Å². The summed E-state index contributed by atoms with van der Waals surface area (Å²) in [6.45, 7) is 4.78. The number of nitrogens with one attached hydrogen (secondary N) is 1. The van der Waals surface area contributed by atoms with Crippen LogP contribution in [-0.2, 0) is 13.2 Å². The van der Waals surface area contributed by atoms with Crippen molar-refractivity contribution in [2.45, 2.75) is 27.1 Å². The number of halogens is 4. The van der Waals surface area contributed by atoms with Crippen LogP contribution in [0.25, 0.3) is 5.69 Å². The quantitative estimate of drug-likeness (QED) is 0.0861. The van der Waals surface area contributed by atoms with E-state index in [1.165, 1.54) is 11.4 Å². The summed E-state index contributed by atoms with van der Waals surface area (Å²) in [6, 6.07) is 25.3. The van der Waals surface area contributed by atoms with Gasteiger partial charge in [0.2, 0.25) is 0 Å². The topological polar surface area (TPSA) is 78.0 Å². The van der Waals surface area contributed by atoms with Gasteiger partial charge in [-0.05, 0) is 137 Å². The maximum atomic E-state index is 12.6. The van der Waals surface area contributed by atoms with Crippen LogP contribution in [0.5, 0.6) is 11.5 Å². The molecule has 0 saturated carbocycles. The molecule has 2 aromatic heterocycles. The predicted octanol–water partition coefficient (Wildman–Crippen LogP) is 9.34. The molecule has 0 fully saturated rings. The average molecular weight is 929 g/mol. The van der Waals surface area contributed by atoms with Crippen LogP contribution in [0.3, 0.4) is 0 Å². The van der Waals surface area contributed by atoms with Gasteiger partial charge in [0.1, 0.15) is 30.5 Å². The lowest BCUT2D eigenvalue weighted by Gasteiger charge is -2.12. The number of furan rings is 1. The van der Waals surface area contributed by atoms with Gasteiger partial charge in [0.25, 0.3) is 0 Å². The Balaban J connectivity index is 1.13. The first kappa shape index (κ1) is 31.8. The van der Waals surface area contributed by atoms with E-state index in [0.29, 0.717) is 18.1 Å². The molecule has 220 valence electrons. The van der Waals surface area contributed by atoms with Crippen LogP contribution in [0.1, 0.15) is 38.8 Å². The Bertz CT molecular complexity index is 1760. The highest BCUT2D eigenvalue weighted by Gasteiger charge is 2.13. The Labute approximate surface area is 293 Å². The molecular weight excluding hydrogens is 904 g/mol. The first-order valence-electron chi connectivity index (χ1n) is 13.0. The Morgan fingerprint density at radius 1 is 0.907 bits per heavy atom. The lowest BCUT2D eigenvalue weighted by atomic mass is 10.2. The zero-order chi connectivity index (χ0) is 30.5. The van der Waals surface area contributed by atoms with E-state index in [4.69, 9.17) is 13.9 Å². The van der Waals surface area contributed by atoms with Crippen molar-refractivity contribution in [3.05, 3.63) is 129 Å². The first-order chi connectivity index (χ1) is 20.7. The second kappa shape index (κ2) is 14.4. The molecule has 0 radical (unpaired) electrons. The van der Waals surface area contributed by atoms with Crippen LogP contribution in [0.15, 0.2) is 97.3 Å². The van der Waals surface area contributed by atoms with E-state index >= 15 is 0 Å². The van der Waals surface area contributed by atoms with Gasteiger partial charge in [-0.1, -0.05) is 37.9 Å². The average Bonchev–Trinajstić information content (AvgIpc) is 3.59. The number of hydrazone groups is 1. The van der Waals surface area contributed by atoms with Gasteiger partial charge < -0.3 is 18.5 Å². The largest absolute Gasteiger partial charge is 0.487 e. The van der Waals surface area contributed by atoms with Crippen LogP contribution >= 0.6 is 77.0 Å². The minimum absolute atomic E-state index is 0.150. The number of nitrogens with zero attached hydrogens (tertiary/aromatic N) is 2. The highest BCUT2D eigenvalue weighted by atomic mass is 127. The predicted molar refractivity (Wildman–Crippen MR) is 191 cm³/mol. The molecule has 43 heavy (non-hydrogen) atoms. The number of ether oxygens (including phenoxy) is 2. The summed E-state index contributed by atoms with van der Waals surface area (Å²) in [6.07, 6.45) is 1.59. The molecule has 2 heterocycles. The molecule has 0 spiro atoms. The van der Waals surface area contributed by atoms with Crippen LogP contribution in [0, 0.1) is 21.0 Å². The van der Waals surface area contributed by atoms with Gasteiger partial charge in [0, 0.05) is 31.6 Å². The summed E-state index contributed by atoms with van der Waals surface area (Å²) in [4.78, 5) is 12.6. The molecule has 0 unspecified atom stereocenters. The van der Waals surface area contributed by atoms with E-state index in [9.17, 15) is 4.79 Å². The summed E-state index contributed by atoms with van der Waals surface area (Å²) in [5, 5.41) is 4.11. The fourth-order valence-corrected chi connectivity index (χ4v) is 7.59. The minimum Gasteiger partial charge on any atom is -0.487 e. The SMILES string of the molecule is Cc1ccc(C)n1-c1ccc(OCc2ccc(C(=O)N/N=C/c3cc(I)c(OCc4ccc(Br)cc4Br)c(I)c3)o2)cc1. The second-order valence-corrected chi connectivity index (χ2v) is 13.6. The molecule has 5 rings (SSSR count). The highest BCUT2D eigenvalue weighted by Crippen LogP contribution is 2.31. The number of hydrogen-bond donors (Lipinski definition) is 1. The van der Waals surface area contributed by atoms with E-state index in [1.807, 2.05) is 54.6 Å². The molecule has 3 aromatic carbocycles. The third-order valence-electron chi connectivity index (χ3n) is 6.42. The third-order valence-corrected chi connectivity index (χ3v) is 9.25. The number of amides is 1. The Hall–Kier alpha value is -2.62. The van der Waals surface area contributed by atoms with Crippen molar-refractivity contribution in [1.82, 2.24) is 9.99 Å². The van der Waals surface area contributed by atoms with E-state index in [2.05, 4.69) is 118 Å². The molecular formula is C32H25Br2I2N3O4. The summed E-state index contributed by atoms with van der Waals surface area (Å²) in [5.41, 5.74) is 7.81. The third kappa shape index (κ3) is 8.11. The molecule has 1 N–H and O–H groups in total. The number of carbonyl (C=O) groups is 1. The molecule has 0 aliphatic heterocycles. The number of aromatic nitrogens is 1. The number of hydrogen-bond acceptors (Lipinski definition) is 5. The maximum Gasteiger partial charge on any atom is 0.307 e. The molecule has 7 nitrogen and oxygen atoms in total. The number of carbonyl (C=O) groups excluding carboxylic acids is 1. The van der Waals surface area contributed by atoms with E-state index in [-0.39, 0.29) is 12.4 Å². The monoisotopic (exact) mass is 927 g/mol. The number of aryl methyl sites for hydroxylation is 2. The van der Waals surface area contributed by atoms with E-state index < -0.39 is 5.91 Å². The first-order valence-corrected chi connectivity index (χ1v) is 16.8. The van der Waals surface area contributed by atoms with Gasteiger partial charge in [-0.25, -0.2) is 5.43 Å². The Morgan fingerprint density at radius 2 is 1.60 bits per heavy atom. The van der Waals surface area contributed by atoms with Crippen LogP contribution in [0.2, 0.25) is 0 Å². The second-order valence-electron chi connectivity index (χ2n) is 9.54. The maximum absolute atomic E-state index is 12.6. The zero-order valence-electron chi connectivity index (χ0n) is 23.0. The molecule has 5 aromatic rings. The van der Waals surface area contributed by atoms with Gasteiger partial charge in [-0.15, -0.1) is 0 Å². The Morgan fingerprint density at radius 3 is 2.28 bits per heavy atom. The number of rotatable bonds is 10.